The normalized spacial score (nSPS) is 11.3. The predicted molar refractivity (Wildman–Crippen MR) is 124 cm³/mol. The Labute approximate surface area is 192 Å². The molecule has 0 aliphatic heterocycles. The molecule has 0 unspecified atom stereocenters. The Balaban J connectivity index is 1.48. The molecule has 2 N–H and O–H groups in total. The summed E-state index contributed by atoms with van der Waals surface area (Å²) in [5, 5.41) is 3.87. The molecule has 3 aromatic rings. The fourth-order valence-corrected chi connectivity index (χ4v) is 4.39. The van der Waals surface area contributed by atoms with E-state index in [4.69, 9.17) is 23.2 Å². The van der Waals surface area contributed by atoms with Crippen LogP contribution in [0.25, 0.3) is 0 Å². The van der Waals surface area contributed by atoms with E-state index in [1.54, 1.807) is 42.5 Å². The van der Waals surface area contributed by atoms with Gasteiger partial charge in [-0.1, -0.05) is 71.7 Å². The number of hydrogen-bond acceptors (Lipinski definition) is 3. The van der Waals surface area contributed by atoms with Crippen molar-refractivity contribution in [1.29, 1.82) is 0 Å². The van der Waals surface area contributed by atoms with Gasteiger partial charge in [0.2, 0.25) is 15.9 Å². The van der Waals surface area contributed by atoms with Crippen LogP contribution in [0.4, 0.5) is 0 Å². The highest BCUT2D eigenvalue weighted by atomic mass is 35.5. The number of benzene rings is 3. The molecule has 0 radical (unpaired) electrons. The summed E-state index contributed by atoms with van der Waals surface area (Å²) in [6.45, 7) is 0.543. The van der Waals surface area contributed by atoms with Crippen molar-refractivity contribution in [2.75, 3.05) is 0 Å². The highest BCUT2D eigenvalue weighted by Gasteiger charge is 2.13. The highest BCUT2D eigenvalue weighted by Crippen LogP contribution is 2.20. The number of carbonyl (C=O) groups is 1. The summed E-state index contributed by atoms with van der Waals surface area (Å²) in [5.41, 5.74) is 2.55. The number of sulfonamides is 1. The first kappa shape index (κ1) is 23.3. The summed E-state index contributed by atoms with van der Waals surface area (Å²) in [4.78, 5) is 12.3. The smallest absolute Gasteiger partial charge is 0.240 e. The summed E-state index contributed by atoms with van der Waals surface area (Å²) >= 11 is 12.0. The van der Waals surface area contributed by atoms with Crippen LogP contribution in [0.2, 0.25) is 10.0 Å². The maximum Gasteiger partial charge on any atom is 0.240 e. The Morgan fingerprint density at radius 2 is 1.55 bits per heavy atom. The molecule has 0 aliphatic rings. The molecule has 8 heteroatoms. The summed E-state index contributed by atoms with van der Waals surface area (Å²) in [7, 11) is -3.60. The third-order valence-corrected chi connectivity index (χ3v) is 6.68. The van der Waals surface area contributed by atoms with E-state index < -0.39 is 10.0 Å². The van der Waals surface area contributed by atoms with Crippen molar-refractivity contribution in [2.45, 2.75) is 30.8 Å². The van der Waals surface area contributed by atoms with E-state index in [1.165, 1.54) is 0 Å². The van der Waals surface area contributed by atoms with E-state index in [1.807, 2.05) is 30.3 Å². The molecule has 31 heavy (non-hydrogen) atoms. The molecule has 0 bridgehead atoms. The first-order valence-electron chi connectivity index (χ1n) is 9.67. The summed E-state index contributed by atoms with van der Waals surface area (Å²) in [5.74, 6) is -0.118. The molecular weight excluding hydrogens is 455 g/mol. The minimum Gasteiger partial charge on any atom is -0.352 e. The van der Waals surface area contributed by atoms with Gasteiger partial charge in [-0.05, 0) is 47.4 Å². The number of amides is 1. The van der Waals surface area contributed by atoms with Gasteiger partial charge in [-0.2, -0.15) is 0 Å². The number of hydrogen-bond donors (Lipinski definition) is 2. The zero-order chi connectivity index (χ0) is 22.3. The predicted octanol–water partition coefficient (Wildman–Crippen LogP) is 4.72. The molecule has 0 atom stereocenters. The van der Waals surface area contributed by atoms with Gasteiger partial charge >= 0.3 is 0 Å². The fraction of sp³-hybridized carbons (Fsp3) is 0.174. The van der Waals surface area contributed by atoms with Crippen LogP contribution in [0.15, 0.2) is 77.7 Å². The van der Waals surface area contributed by atoms with Crippen molar-refractivity contribution in [1.82, 2.24) is 10.0 Å². The van der Waals surface area contributed by atoms with Crippen molar-refractivity contribution >= 4 is 39.1 Å². The molecule has 0 aromatic heterocycles. The van der Waals surface area contributed by atoms with Gasteiger partial charge in [0.05, 0.1) is 4.90 Å². The zero-order valence-electron chi connectivity index (χ0n) is 16.6. The second-order valence-electron chi connectivity index (χ2n) is 6.97. The van der Waals surface area contributed by atoms with Gasteiger partial charge in [0.25, 0.3) is 0 Å². The molecule has 0 spiro atoms. The van der Waals surface area contributed by atoms with Crippen LogP contribution in [-0.2, 0) is 34.3 Å². The molecule has 5 nitrogen and oxygen atoms in total. The van der Waals surface area contributed by atoms with E-state index >= 15 is 0 Å². The largest absolute Gasteiger partial charge is 0.352 e. The minimum atomic E-state index is -3.60. The van der Waals surface area contributed by atoms with E-state index in [2.05, 4.69) is 10.0 Å². The van der Waals surface area contributed by atoms with Gasteiger partial charge in [-0.3, -0.25) is 4.79 Å². The minimum absolute atomic E-state index is 0.118. The number of rotatable bonds is 9. The van der Waals surface area contributed by atoms with Gasteiger partial charge in [0, 0.05) is 29.6 Å². The van der Waals surface area contributed by atoms with Crippen molar-refractivity contribution in [2.24, 2.45) is 0 Å². The molecule has 0 heterocycles. The van der Waals surface area contributed by atoms with Crippen molar-refractivity contribution < 1.29 is 13.2 Å². The summed E-state index contributed by atoms with van der Waals surface area (Å²) < 4.78 is 27.5. The molecule has 162 valence electrons. The van der Waals surface area contributed by atoms with Crippen molar-refractivity contribution in [3.8, 4) is 0 Å². The maximum atomic E-state index is 12.5. The quantitative estimate of drug-likeness (QED) is 0.468. The van der Waals surface area contributed by atoms with E-state index in [0.717, 1.165) is 16.7 Å². The lowest BCUT2D eigenvalue weighted by Crippen LogP contribution is -2.23. The second kappa shape index (κ2) is 10.8. The van der Waals surface area contributed by atoms with Crippen LogP contribution in [0.1, 0.15) is 23.1 Å². The standard InChI is InChI=1S/C23H22Cl2N2O3S/c24-20-10-9-19(22(25)14-20)16-26-23(28)13-8-17-6-11-21(12-7-17)31(29,30)27-15-18-4-2-1-3-5-18/h1-7,9-12,14,27H,8,13,15-16H2,(H,26,28). The third kappa shape index (κ3) is 7.08. The molecule has 0 aliphatic carbocycles. The van der Waals surface area contributed by atoms with Crippen molar-refractivity contribution in [3.05, 3.63) is 99.5 Å². The Kier molecular flexibility index (Phi) is 8.09. The van der Waals surface area contributed by atoms with Crippen LogP contribution in [0.5, 0.6) is 0 Å². The fourth-order valence-electron chi connectivity index (χ4n) is 2.90. The van der Waals surface area contributed by atoms with E-state index in [-0.39, 0.29) is 23.8 Å². The molecule has 1 amide bonds. The lowest BCUT2D eigenvalue weighted by molar-refractivity contribution is -0.121. The lowest BCUT2D eigenvalue weighted by atomic mass is 10.1. The van der Waals surface area contributed by atoms with Crippen LogP contribution in [0, 0.1) is 0 Å². The number of nitrogens with one attached hydrogen (secondary N) is 2. The van der Waals surface area contributed by atoms with Crippen LogP contribution >= 0.6 is 23.2 Å². The molecule has 0 fully saturated rings. The summed E-state index contributed by atoms with van der Waals surface area (Å²) in [6, 6.07) is 21.0. The SMILES string of the molecule is O=C(CCc1ccc(S(=O)(=O)NCc2ccccc2)cc1)NCc1ccc(Cl)cc1Cl. The van der Waals surface area contributed by atoms with Crippen LogP contribution in [-0.4, -0.2) is 14.3 Å². The topological polar surface area (TPSA) is 75.3 Å². The average molecular weight is 477 g/mol. The Morgan fingerprint density at radius 1 is 0.839 bits per heavy atom. The number of aryl methyl sites for hydroxylation is 1. The third-order valence-electron chi connectivity index (χ3n) is 4.67. The van der Waals surface area contributed by atoms with Gasteiger partial charge < -0.3 is 5.32 Å². The molecule has 0 saturated heterocycles. The average Bonchev–Trinajstić information content (AvgIpc) is 2.77. The molecule has 3 aromatic carbocycles. The monoisotopic (exact) mass is 476 g/mol. The zero-order valence-corrected chi connectivity index (χ0v) is 19.0. The molecular formula is C23H22Cl2N2O3S. The highest BCUT2D eigenvalue weighted by molar-refractivity contribution is 7.89. The van der Waals surface area contributed by atoms with Gasteiger partial charge in [-0.25, -0.2) is 13.1 Å². The Morgan fingerprint density at radius 3 is 2.23 bits per heavy atom. The number of carbonyl (C=O) groups excluding carboxylic acids is 1. The maximum absolute atomic E-state index is 12.5. The van der Waals surface area contributed by atoms with Crippen LogP contribution in [0.3, 0.4) is 0 Å². The van der Waals surface area contributed by atoms with Gasteiger partial charge in [-0.15, -0.1) is 0 Å². The summed E-state index contributed by atoms with van der Waals surface area (Å²) in [6.07, 6.45) is 0.779. The Bertz CT molecular complexity index is 1140. The first-order valence-corrected chi connectivity index (χ1v) is 11.9. The second-order valence-corrected chi connectivity index (χ2v) is 9.58. The van der Waals surface area contributed by atoms with E-state index in [0.29, 0.717) is 23.0 Å². The van der Waals surface area contributed by atoms with E-state index in [9.17, 15) is 13.2 Å². The molecule has 0 saturated carbocycles. The molecule has 3 rings (SSSR count). The van der Waals surface area contributed by atoms with Crippen molar-refractivity contribution in [3.63, 3.8) is 0 Å². The van der Waals surface area contributed by atoms with Gasteiger partial charge in [0.1, 0.15) is 0 Å². The lowest BCUT2D eigenvalue weighted by Gasteiger charge is -2.09. The van der Waals surface area contributed by atoms with Gasteiger partial charge in [0.15, 0.2) is 0 Å². The Hall–Kier alpha value is -2.38. The van der Waals surface area contributed by atoms with Crippen LogP contribution < -0.4 is 10.0 Å². The number of halogens is 2. The first-order chi connectivity index (χ1) is 14.8.